The van der Waals surface area contributed by atoms with Crippen molar-refractivity contribution in [1.82, 2.24) is 9.97 Å². The lowest BCUT2D eigenvalue weighted by Crippen LogP contribution is -2.16. The molecule has 6 heteroatoms. The fourth-order valence-electron chi connectivity index (χ4n) is 1.82. The van der Waals surface area contributed by atoms with Crippen molar-refractivity contribution in [3.05, 3.63) is 33.8 Å². The first-order chi connectivity index (χ1) is 9.15. The van der Waals surface area contributed by atoms with Gasteiger partial charge < -0.3 is 10.7 Å². The molecule has 0 aromatic carbocycles. The van der Waals surface area contributed by atoms with Crippen LogP contribution in [0.4, 0.5) is 11.6 Å². The number of aromatic nitrogens is 2. The summed E-state index contributed by atoms with van der Waals surface area (Å²) in [7, 11) is 0. The molecule has 5 nitrogen and oxygen atoms in total. The van der Waals surface area contributed by atoms with E-state index < -0.39 is 0 Å². The molecule has 4 N–H and O–H groups in total. The van der Waals surface area contributed by atoms with Gasteiger partial charge in [0.1, 0.15) is 17.5 Å². The molecule has 0 fully saturated rings. The van der Waals surface area contributed by atoms with E-state index in [2.05, 4.69) is 45.1 Å². The Labute approximate surface area is 117 Å². The molecule has 2 heterocycles. The lowest BCUT2D eigenvalue weighted by molar-refractivity contribution is 0.865. The van der Waals surface area contributed by atoms with E-state index in [-0.39, 0.29) is 6.04 Å². The van der Waals surface area contributed by atoms with Crippen LogP contribution in [0.3, 0.4) is 0 Å². The van der Waals surface area contributed by atoms with Gasteiger partial charge in [0, 0.05) is 16.9 Å². The molecule has 2 aromatic heterocycles. The Bertz CT molecular complexity index is 538. The number of aryl methyl sites for hydroxylation is 1. The molecule has 2 aromatic rings. The number of hydrogen-bond acceptors (Lipinski definition) is 6. The van der Waals surface area contributed by atoms with E-state index in [9.17, 15) is 0 Å². The number of nitrogen functional groups attached to an aromatic ring is 1. The summed E-state index contributed by atoms with van der Waals surface area (Å²) in [5.74, 6) is 7.79. The van der Waals surface area contributed by atoms with Crippen molar-refractivity contribution in [1.29, 1.82) is 0 Å². The van der Waals surface area contributed by atoms with Crippen molar-refractivity contribution >= 4 is 23.0 Å². The highest BCUT2D eigenvalue weighted by Gasteiger charge is 2.13. The van der Waals surface area contributed by atoms with Crippen LogP contribution in [-0.4, -0.2) is 9.97 Å². The van der Waals surface area contributed by atoms with Gasteiger partial charge in [-0.05, 0) is 25.3 Å². The van der Waals surface area contributed by atoms with Crippen LogP contribution in [0.15, 0.2) is 17.5 Å². The zero-order chi connectivity index (χ0) is 13.8. The third-order valence-electron chi connectivity index (χ3n) is 2.97. The van der Waals surface area contributed by atoms with Crippen LogP contribution >= 0.6 is 11.3 Å². The quantitative estimate of drug-likeness (QED) is 0.579. The predicted octanol–water partition coefficient (Wildman–Crippen LogP) is 2.87. The lowest BCUT2D eigenvalue weighted by atomic mass is 10.2. The molecule has 1 atom stereocenters. The van der Waals surface area contributed by atoms with Gasteiger partial charge in [-0.15, -0.1) is 11.3 Å². The Morgan fingerprint density at radius 3 is 2.68 bits per heavy atom. The van der Waals surface area contributed by atoms with Gasteiger partial charge in [-0.3, -0.25) is 0 Å². The molecular weight excluding hydrogens is 258 g/mol. The largest absolute Gasteiger partial charge is 0.362 e. The number of hydrogen-bond donors (Lipinski definition) is 3. The summed E-state index contributed by atoms with van der Waals surface area (Å²) in [6.45, 7) is 6.10. The smallest absolute Gasteiger partial charge is 0.148 e. The van der Waals surface area contributed by atoms with Crippen molar-refractivity contribution < 1.29 is 0 Å². The average molecular weight is 277 g/mol. The van der Waals surface area contributed by atoms with Gasteiger partial charge in [-0.1, -0.05) is 13.0 Å². The van der Waals surface area contributed by atoms with E-state index in [0.29, 0.717) is 5.82 Å². The second-order valence-electron chi connectivity index (χ2n) is 4.34. The number of thiophene rings is 1. The van der Waals surface area contributed by atoms with Crippen molar-refractivity contribution in [3.63, 3.8) is 0 Å². The number of nitrogens with one attached hydrogen (secondary N) is 2. The summed E-state index contributed by atoms with van der Waals surface area (Å²) in [5.41, 5.74) is 3.56. The van der Waals surface area contributed by atoms with E-state index in [0.717, 1.165) is 23.6 Å². The van der Waals surface area contributed by atoms with Crippen LogP contribution < -0.4 is 16.6 Å². The predicted molar refractivity (Wildman–Crippen MR) is 80.3 cm³/mol. The van der Waals surface area contributed by atoms with Crippen LogP contribution in [0.25, 0.3) is 0 Å². The standard InChI is InChI=1S/C13H19N5S/c1-4-11-16-12(8(2)13(17-11)18-14)15-9(3)10-6-5-7-19-10/h5-7,9H,4,14H2,1-3H3,(H2,15,16,17,18). The Morgan fingerprint density at radius 2 is 2.11 bits per heavy atom. The summed E-state index contributed by atoms with van der Waals surface area (Å²) in [5, 5.41) is 5.50. The van der Waals surface area contributed by atoms with Crippen LogP contribution in [-0.2, 0) is 6.42 Å². The molecule has 0 bridgehead atoms. The molecule has 0 aliphatic heterocycles. The minimum Gasteiger partial charge on any atom is -0.362 e. The van der Waals surface area contributed by atoms with Gasteiger partial charge in [0.2, 0.25) is 0 Å². The Kier molecular flexibility index (Phi) is 4.34. The number of anilines is 2. The molecule has 0 amide bonds. The monoisotopic (exact) mass is 277 g/mol. The molecule has 0 saturated carbocycles. The molecule has 0 aliphatic rings. The van der Waals surface area contributed by atoms with Crippen molar-refractivity contribution in [2.24, 2.45) is 5.84 Å². The van der Waals surface area contributed by atoms with E-state index in [1.807, 2.05) is 13.8 Å². The number of nitrogens with zero attached hydrogens (tertiary/aromatic N) is 2. The van der Waals surface area contributed by atoms with Gasteiger partial charge in [-0.25, -0.2) is 15.8 Å². The van der Waals surface area contributed by atoms with Crippen LogP contribution in [0, 0.1) is 6.92 Å². The maximum atomic E-state index is 5.50. The maximum Gasteiger partial charge on any atom is 0.148 e. The van der Waals surface area contributed by atoms with E-state index >= 15 is 0 Å². The summed E-state index contributed by atoms with van der Waals surface area (Å²) >= 11 is 1.73. The summed E-state index contributed by atoms with van der Waals surface area (Å²) < 4.78 is 0. The molecule has 0 spiro atoms. The highest BCUT2D eigenvalue weighted by atomic mass is 32.1. The fourth-order valence-corrected chi connectivity index (χ4v) is 2.55. The Balaban J connectivity index is 2.28. The highest BCUT2D eigenvalue weighted by molar-refractivity contribution is 7.10. The Morgan fingerprint density at radius 1 is 1.37 bits per heavy atom. The van der Waals surface area contributed by atoms with Gasteiger partial charge in [-0.2, -0.15) is 0 Å². The second kappa shape index (κ2) is 5.99. The van der Waals surface area contributed by atoms with Gasteiger partial charge in [0.05, 0.1) is 6.04 Å². The minimum absolute atomic E-state index is 0.212. The second-order valence-corrected chi connectivity index (χ2v) is 5.32. The fraction of sp³-hybridized carbons (Fsp3) is 0.385. The average Bonchev–Trinajstić information content (AvgIpc) is 2.95. The van der Waals surface area contributed by atoms with Gasteiger partial charge in [0.25, 0.3) is 0 Å². The summed E-state index contributed by atoms with van der Waals surface area (Å²) in [6, 6.07) is 4.38. The first-order valence-electron chi connectivity index (χ1n) is 6.29. The molecule has 2 rings (SSSR count). The topological polar surface area (TPSA) is 75.9 Å². The third-order valence-corrected chi connectivity index (χ3v) is 4.02. The van der Waals surface area contributed by atoms with E-state index in [1.165, 1.54) is 4.88 Å². The van der Waals surface area contributed by atoms with E-state index in [4.69, 9.17) is 5.84 Å². The Hall–Kier alpha value is -1.66. The lowest BCUT2D eigenvalue weighted by Gasteiger charge is -2.17. The highest BCUT2D eigenvalue weighted by Crippen LogP contribution is 2.26. The van der Waals surface area contributed by atoms with Crippen LogP contribution in [0.1, 0.15) is 36.2 Å². The number of rotatable bonds is 5. The molecule has 0 radical (unpaired) electrons. The zero-order valence-electron chi connectivity index (χ0n) is 11.4. The zero-order valence-corrected chi connectivity index (χ0v) is 12.2. The maximum absolute atomic E-state index is 5.50. The number of hydrazine groups is 1. The van der Waals surface area contributed by atoms with Crippen molar-refractivity contribution in [2.75, 3.05) is 10.7 Å². The first-order valence-corrected chi connectivity index (χ1v) is 7.17. The van der Waals surface area contributed by atoms with Gasteiger partial charge in [0.15, 0.2) is 0 Å². The SMILES string of the molecule is CCc1nc(NN)c(C)c(NC(C)c2cccs2)n1. The van der Waals surface area contributed by atoms with Crippen molar-refractivity contribution in [3.8, 4) is 0 Å². The van der Waals surface area contributed by atoms with Gasteiger partial charge >= 0.3 is 0 Å². The summed E-state index contributed by atoms with van der Waals surface area (Å²) in [6.07, 6.45) is 0.775. The molecular formula is C13H19N5S. The molecule has 0 aliphatic carbocycles. The minimum atomic E-state index is 0.212. The van der Waals surface area contributed by atoms with E-state index in [1.54, 1.807) is 11.3 Å². The normalized spacial score (nSPS) is 12.2. The van der Waals surface area contributed by atoms with Crippen molar-refractivity contribution in [2.45, 2.75) is 33.2 Å². The number of nitrogens with two attached hydrogens (primary N) is 1. The third kappa shape index (κ3) is 3.02. The summed E-state index contributed by atoms with van der Waals surface area (Å²) in [4.78, 5) is 10.2. The molecule has 0 saturated heterocycles. The first kappa shape index (κ1) is 13.8. The van der Waals surface area contributed by atoms with Crippen LogP contribution in [0.5, 0.6) is 0 Å². The molecule has 1 unspecified atom stereocenters. The molecule has 102 valence electrons. The molecule has 19 heavy (non-hydrogen) atoms. The van der Waals surface area contributed by atoms with Crippen LogP contribution in [0.2, 0.25) is 0 Å².